The number of H-pyrrole nitrogens is 1. The van der Waals surface area contributed by atoms with Crippen molar-refractivity contribution in [2.75, 3.05) is 0 Å². The molecule has 0 aromatic carbocycles. The van der Waals surface area contributed by atoms with E-state index in [1.165, 1.54) is 43.1 Å². The molecule has 2 heterocycles. The highest BCUT2D eigenvalue weighted by molar-refractivity contribution is 5.79. The maximum atomic E-state index is 4.38. The second-order valence-electron chi connectivity index (χ2n) is 7.35. The molecular formula is C18H23N3. The van der Waals surface area contributed by atoms with Gasteiger partial charge in [-0.05, 0) is 67.1 Å². The zero-order valence-electron chi connectivity index (χ0n) is 12.4. The summed E-state index contributed by atoms with van der Waals surface area (Å²) >= 11 is 0. The quantitative estimate of drug-likeness (QED) is 0.904. The Kier molecular flexibility index (Phi) is 2.66. The van der Waals surface area contributed by atoms with Crippen LogP contribution in [0.3, 0.4) is 0 Å². The lowest BCUT2D eigenvalue weighted by Gasteiger charge is -2.32. The average molecular weight is 281 g/mol. The molecular weight excluding hydrogens is 258 g/mol. The fraction of sp³-hybridized carbons (Fsp3) is 0.611. The summed E-state index contributed by atoms with van der Waals surface area (Å²) in [5.41, 5.74) is 2.38. The van der Waals surface area contributed by atoms with Crippen molar-refractivity contribution in [1.82, 2.24) is 15.3 Å². The monoisotopic (exact) mass is 281 g/mol. The summed E-state index contributed by atoms with van der Waals surface area (Å²) in [6, 6.07) is 4.96. The van der Waals surface area contributed by atoms with Crippen LogP contribution in [0, 0.1) is 23.7 Å². The van der Waals surface area contributed by atoms with Crippen LogP contribution in [0.1, 0.15) is 37.7 Å². The topological polar surface area (TPSA) is 40.7 Å². The lowest BCUT2D eigenvalue weighted by Crippen LogP contribution is -2.38. The summed E-state index contributed by atoms with van der Waals surface area (Å²) in [7, 11) is 0. The van der Waals surface area contributed by atoms with Crippen LogP contribution in [-0.4, -0.2) is 16.0 Å². The Morgan fingerprint density at radius 3 is 3.14 bits per heavy atom. The van der Waals surface area contributed by atoms with E-state index < -0.39 is 0 Å². The molecule has 5 atom stereocenters. The van der Waals surface area contributed by atoms with E-state index >= 15 is 0 Å². The summed E-state index contributed by atoms with van der Waals surface area (Å²) in [4.78, 5) is 7.66. The van der Waals surface area contributed by atoms with E-state index in [0.717, 1.165) is 41.9 Å². The Morgan fingerprint density at radius 1 is 1.19 bits per heavy atom. The molecule has 3 aliphatic carbocycles. The first-order chi connectivity index (χ1) is 10.4. The van der Waals surface area contributed by atoms with Crippen molar-refractivity contribution < 1.29 is 0 Å². The number of hydrogen-bond acceptors (Lipinski definition) is 2. The van der Waals surface area contributed by atoms with Gasteiger partial charge >= 0.3 is 0 Å². The van der Waals surface area contributed by atoms with Crippen LogP contribution in [0.5, 0.6) is 0 Å². The van der Waals surface area contributed by atoms with Gasteiger partial charge in [-0.3, -0.25) is 0 Å². The molecule has 5 unspecified atom stereocenters. The van der Waals surface area contributed by atoms with Crippen molar-refractivity contribution in [2.45, 2.75) is 44.7 Å². The largest absolute Gasteiger partial charge is 0.346 e. The SMILES string of the molecule is c1cnc2[nH]cc(CNC3CC4CC3C3CCCC43)c2c1. The molecule has 21 heavy (non-hydrogen) atoms. The second-order valence-corrected chi connectivity index (χ2v) is 7.35. The van der Waals surface area contributed by atoms with Crippen LogP contribution >= 0.6 is 0 Å². The van der Waals surface area contributed by atoms with Crippen molar-refractivity contribution in [2.24, 2.45) is 23.7 Å². The van der Waals surface area contributed by atoms with Crippen LogP contribution in [-0.2, 0) is 6.54 Å². The maximum Gasteiger partial charge on any atom is 0.137 e. The number of hydrogen-bond donors (Lipinski definition) is 2. The highest BCUT2D eigenvalue weighted by atomic mass is 15.0. The molecule has 2 aromatic heterocycles. The zero-order valence-corrected chi connectivity index (χ0v) is 12.4. The maximum absolute atomic E-state index is 4.38. The third-order valence-electron chi connectivity index (χ3n) is 6.52. The van der Waals surface area contributed by atoms with Gasteiger partial charge in [0, 0.05) is 30.4 Å². The summed E-state index contributed by atoms with van der Waals surface area (Å²) in [6.07, 6.45) is 11.4. The van der Waals surface area contributed by atoms with Gasteiger partial charge in [-0.25, -0.2) is 4.98 Å². The number of rotatable bonds is 3. The number of pyridine rings is 1. The van der Waals surface area contributed by atoms with E-state index in [1.807, 2.05) is 12.3 Å². The molecule has 0 amide bonds. The Bertz CT molecular complexity index is 661. The number of fused-ring (bicyclic) bond motifs is 6. The van der Waals surface area contributed by atoms with Gasteiger partial charge in [-0.15, -0.1) is 0 Å². The molecule has 3 saturated carbocycles. The van der Waals surface area contributed by atoms with E-state index in [-0.39, 0.29) is 0 Å². The Labute approximate surface area is 125 Å². The molecule has 3 aliphatic rings. The van der Waals surface area contributed by atoms with E-state index in [2.05, 4.69) is 27.5 Å². The highest BCUT2D eigenvalue weighted by Gasteiger charge is 2.53. The first-order valence-electron chi connectivity index (χ1n) is 8.54. The van der Waals surface area contributed by atoms with Crippen molar-refractivity contribution in [3.63, 3.8) is 0 Å². The molecule has 110 valence electrons. The Morgan fingerprint density at radius 2 is 2.14 bits per heavy atom. The van der Waals surface area contributed by atoms with Gasteiger partial charge in [0.2, 0.25) is 0 Å². The van der Waals surface area contributed by atoms with E-state index in [4.69, 9.17) is 0 Å². The lowest BCUT2D eigenvalue weighted by molar-refractivity contribution is 0.208. The van der Waals surface area contributed by atoms with Gasteiger partial charge in [-0.2, -0.15) is 0 Å². The molecule has 0 spiro atoms. The fourth-order valence-electron chi connectivity index (χ4n) is 5.70. The van der Waals surface area contributed by atoms with Crippen LogP contribution in [0.15, 0.2) is 24.5 Å². The third kappa shape index (κ3) is 1.80. The zero-order chi connectivity index (χ0) is 13.8. The molecule has 2 aromatic rings. The van der Waals surface area contributed by atoms with Crippen molar-refractivity contribution >= 4 is 11.0 Å². The standard InChI is InChI=1S/C18H23N3/c1-3-13-11-7-16(15(13)4-1)17(8-11)20-9-12-10-21-18-14(12)5-2-6-19-18/h2,5-6,10-11,13,15-17,20H,1,3-4,7-9H2,(H,19,21). The van der Waals surface area contributed by atoms with Gasteiger partial charge in [0.1, 0.15) is 5.65 Å². The summed E-state index contributed by atoms with van der Waals surface area (Å²) in [6.45, 7) is 0.983. The molecule has 5 rings (SSSR count). The van der Waals surface area contributed by atoms with Gasteiger partial charge in [0.15, 0.2) is 0 Å². The number of nitrogens with zero attached hydrogens (tertiary/aromatic N) is 1. The van der Waals surface area contributed by atoms with Gasteiger partial charge in [0.05, 0.1) is 0 Å². The summed E-state index contributed by atoms with van der Waals surface area (Å²) in [5.74, 6) is 4.13. The molecule has 3 heteroatoms. The van der Waals surface area contributed by atoms with Crippen LogP contribution in [0.2, 0.25) is 0 Å². The Hall–Kier alpha value is -1.35. The predicted molar refractivity (Wildman–Crippen MR) is 83.8 cm³/mol. The fourth-order valence-corrected chi connectivity index (χ4v) is 5.70. The lowest BCUT2D eigenvalue weighted by atomic mass is 9.79. The molecule has 0 radical (unpaired) electrons. The smallest absolute Gasteiger partial charge is 0.137 e. The van der Waals surface area contributed by atoms with Crippen LogP contribution in [0.4, 0.5) is 0 Å². The van der Waals surface area contributed by atoms with E-state index in [9.17, 15) is 0 Å². The van der Waals surface area contributed by atoms with E-state index in [0.29, 0.717) is 0 Å². The highest BCUT2D eigenvalue weighted by Crippen LogP contribution is 2.58. The van der Waals surface area contributed by atoms with E-state index in [1.54, 1.807) is 0 Å². The summed E-state index contributed by atoms with van der Waals surface area (Å²) < 4.78 is 0. The molecule has 0 saturated heterocycles. The molecule has 3 fully saturated rings. The molecule has 2 N–H and O–H groups in total. The number of aromatic nitrogens is 2. The minimum absolute atomic E-state index is 0.760. The van der Waals surface area contributed by atoms with Crippen LogP contribution < -0.4 is 5.32 Å². The number of aromatic amines is 1. The minimum Gasteiger partial charge on any atom is -0.346 e. The minimum atomic E-state index is 0.760. The first kappa shape index (κ1) is 12.2. The summed E-state index contributed by atoms with van der Waals surface area (Å²) in [5, 5.41) is 5.14. The third-order valence-corrected chi connectivity index (χ3v) is 6.52. The molecule has 3 nitrogen and oxygen atoms in total. The normalized spacial score (nSPS) is 37.4. The Balaban J connectivity index is 1.31. The first-order valence-corrected chi connectivity index (χ1v) is 8.54. The number of nitrogens with one attached hydrogen (secondary N) is 2. The van der Waals surface area contributed by atoms with Crippen molar-refractivity contribution in [3.8, 4) is 0 Å². The van der Waals surface area contributed by atoms with Crippen LogP contribution in [0.25, 0.3) is 11.0 Å². The predicted octanol–water partition coefficient (Wildman–Crippen LogP) is 3.48. The molecule has 2 bridgehead atoms. The van der Waals surface area contributed by atoms with Crippen molar-refractivity contribution in [1.29, 1.82) is 0 Å². The van der Waals surface area contributed by atoms with Crippen molar-refractivity contribution in [3.05, 3.63) is 30.1 Å². The van der Waals surface area contributed by atoms with Gasteiger partial charge in [0.25, 0.3) is 0 Å². The second kappa shape index (κ2) is 4.57. The molecule has 0 aliphatic heterocycles. The van der Waals surface area contributed by atoms with Gasteiger partial charge < -0.3 is 10.3 Å². The average Bonchev–Trinajstić information content (AvgIpc) is 3.25. The van der Waals surface area contributed by atoms with Gasteiger partial charge in [-0.1, -0.05) is 6.42 Å².